The summed E-state index contributed by atoms with van der Waals surface area (Å²) in [5.74, 6) is -0.188. The molecule has 0 aliphatic carbocycles. The molecule has 2 saturated heterocycles. The zero-order valence-corrected chi connectivity index (χ0v) is 19.9. The van der Waals surface area contributed by atoms with Crippen LogP contribution in [0.2, 0.25) is 0 Å². The van der Waals surface area contributed by atoms with Gasteiger partial charge in [0.2, 0.25) is 0 Å². The number of carbonyl (C=O) groups is 1. The molecule has 4 rings (SSSR count). The van der Waals surface area contributed by atoms with Gasteiger partial charge in [-0.2, -0.15) is 9.97 Å². The molecule has 2 aromatic heterocycles. The third-order valence-electron chi connectivity index (χ3n) is 5.94. The second-order valence-electron chi connectivity index (χ2n) is 8.32. The van der Waals surface area contributed by atoms with E-state index >= 15 is 0 Å². The highest BCUT2D eigenvalue weighted by Gasteiger charge is 2.45. The number of rotatable bonds is 6. The van der Waals surface area contributed by atoms with Crippen LogP contribution in [0.1, 0.15) is 28.5 Å². The first-order chi connectivity index (χ1) is 17.6. The monoisotopic (exact) mass is 527 g/mol. The molecule has 0 aromatic carbocycles. The summed E-state index contributed by atoms with van der Waals surface area (Å²) in [4.78, 5) is 41.5. The van der Waals surface area contributed by atoms with Gasteiger partial charge in [0.05, 0.1) is 18.8 Å². The number of carbonyl (C=O) groups excluding carboxylic acids is 1. The maximum atomic E-state index is 11.8. The Morgan fingerprint density at radius 3 is 2.14 bits per heavy atom. The van der Waals surface area contributed by atoms with Crippen molar-refractivity contribution in [3.63, 3.8) is 0 Å². The Kier molecular flexibility index (Phi) is 9.21. The molecule has 0 bridgehead atoms. The zero-order valence-electron chi connectivity index (χ0n) is 19.9. The van der Waals surface area contributed by atoms with Crippen LogP contribution in [0, 0.1) is 6.92 Å². The number of aryl methyl sites for hydroxylation is 1. The van der Waals surface area contributed by atoms with E-state index in [1.54, 1.807) is 13.0 Å². The molecule has 8 atom stereocenters. The Morgan fingerprint density at radius 2 is 1.59 bits per heavy atom. The van der Waals surface area contributed by atoms with Crippen molar-refractivity contribution in [2.24, 2.45) is 0 Å². The molecule has 2 aliphatic heterocycles. The summed E-state index contributed by atoms with van der Waals surface area (Å²) >= 11 is 0. The highest BCUT2D eigenvalue weighted by molar-refractivity contribution is 5.80. The van der Waals surface area contributed by atoms with Crippen molar-refractivity contribution in [3.05, 3.63) is 50.7 Å². The summed E-state index contributed by atoms with van der Waals surface area (Å²) in [6.45, 7) is 0.807. The highest BCUT2D eigenvalue weighted by Crippen LogP contribution is 2.30. The Labute approximate surface area is 209 Å². The Morgan fingerprint density at radius 1 is 1.00 bits per heavy atom. The van der Waals surface area contributed by atoms with Crippen molar-refractivity contribution >= 4 is 12.1 Å². The zero-order chi connectivity index (χ0) is 27.4. The summed E-state index contributed by atoms with van der Waals surface area (Å²) in [6.07, 6.45) is -5.24. The number of nitrogens with zero attached hydrogens (tertiary/aromatic N) is 4. The minimum atomic E-state index is -1.27. The second kappa shape index (κ2) is 12.0. The van der Waals surface area contributed by atoms with Gasteiger partial charge in [-0.05, 0) is 13.0 Å². The number of aliphatic hydroxyl groups excluding tert-OH is 5. The lowest BCUT2D eigenvalue weighted by atomic mass is 10.1. The van der Waals surface area contributed by atoms with Gasteiger partial charge >= 0.3 is 11.4 Å². The molecule has 2 fully saturated rings. The number of ether oxygens (including phenoxy) is 3. The molecule has 37 heavy (non-hydrogen) atoms. The van der Waals surface area contributed by atoms with Crippen LogP contribution >= 0.6 is 0 Å². The van der Waals surface area contributed by atoms with Gasteiger partial charge in [-0.1, -0.05) is 0 Å². The van der Waals surface area contributed by atoms with E-state index in [4.69, 9.17) is 30.2 Å². The molecule has 16 heteroatoms. The minimum Gasteiger partial charge on any atom is -0.394 e. The fourth-order valence-electron chi connectivity index (χ4n) is 3.92. The molecule has 16 nitrogen and oxygen atoms in total. The van der Waals surface area contributed by atoms with E-state index in [1.807, 2.05) is 0 Å². The summed E-state index contributed by atoms with van der Waals surface area (Å²) in [5, 5.41) is 47.3. The van der Waals surface area contributed by atoms with Gasteiger partial charge in [0.1, 0.15) is 42.4 Å². The predicted octanol–water partition coefficient (Wildman–Crippen LogP) is -3.93. The quantitative estimate of drug-likeness (QED) is 0.197. The standard InChI is InChI=1S/C11H15N3O6.C10H14N2O5/c1-19-8-7(17)6(4-16)20-10(8)14-2-5(3-15)9(12)13-11(14)18;1-5-2-3-12(10(16)11-5)9-8(15)7(14)6(4-13)17-9/h2-3,6-8,10,16-17H,4H2,1H3,(H2,12,13,18);2-3,6-9,13-15H,4H2,1H3/t6-,7+,8?,10-;6-,7+,8?,9-/m11/s1. The van der Waals surface area contributed by atoms with Crippen LogP contribution in [0.4, 0.5) is 5.82 Å². The molecule has 0 radical (unpaired) electrons. The number of anilines is 1. The highest BCUT2D eigenvalue weighted by atomic mass is 16.6. The summed E-state index contributed by atoms with van der Waals surface area (Å²) in [5.41, 5.74) is 4.69. The van der Waals surface area contributed by atoms with Crippen LogP contribution < -0.4 is 17.1 Å². The number of nitrogen functional groups attached to an aromatic ring is 1. The summed E-state index contributed by atoms with van der Waals surface area (Å²) < 4.78 is 17.8. The van der Waals surface area contributed by atoms with Gasteiger partial charge in [0.25, 0.3) is 0 Å². The van der Waals surface area contributed by atoms with Crippen LogP contribution in [-0.2, 0) is 14.2 Å². The number of methoxy groups -OCH3 is 1. The molecule has 0 amide bonds. The van der Waals surface area contributed by atoms with Crippen molar-refractivity contribution in [2.75, 3.05) is 26.1 Å². The number of aromatic nitrogens is 4. The smallest absolute Gasteiger partial charge is 0.351 e. The van der Waals surface area contributed by atoms with Crippen molar-refractivity contribution in [1.82, 2.24) is 19.1 Å². The van der Waals surface area contributed by atoms with E-state index in [1.165, 1.54) is 19.5 Å². The average molecular weight is 527 g/mol. The fraction of sp³-hybridized carbons (Fsp3) is 0.571. The Hall–Kier alpha value is -3.09. The van der Waals surface area contributed by atoms with Crippen molar-refractivity contribution < 1.29 is 44.5 Å². The number of hydrogen-bond acceptors (Lipinski definition) is 14. The van der Waals surface area contributed by atoms with E-state index < -0.39 is 73.7 Å². The van der Waals surface area contributed by atoms with Crippen LogP contribution in [-0.4, -0.2) is 108 Å². The molecular weight excluding hydrogens is 498 g/mol. The topological polar surface area (TPSA) is 242 Å². The van der Waals surface area contributed by atoms with Crippen LogP contribution in [0.5, 0.6) is 0 Å². The first-order valence-corrected chi connectivity index (χ1v) is 11.1. The number of aldehydes is 1. The van der Waals surface area contributed by atoms with Gasteiger partial charge < -0.3 is 45.5 Å². The Balaban J connectivity index is 0.000000208. The van der Waals surface area contributed by atoms with E-state index in [0.29, 0.717) is 12.0 Å². The molecule has 2 aliphatic rings. The molecular formula is C21H29N5O11. The van der Waals surface area contributed by atoms with Crippen LogP contribution in [0.15, 0.2) is 28.0 Å². The lowest BCUT2D eigenvalue weighted by molar-refractivity contribution is -0.0624. The maximum Gasteiger partial charge on any atom is 0.351 e. The van der Waals surface area contributed by atoms with E-state index in [9.17, 15) is 29.7 Å². The fourth-order valence-corrected chi connectivity index (χ4v) is 3.92. The number of hydrogen-bond donors (Lipinski definition) is 6. The number of nitrogens with two attached hydrogens (primary N) is 1. The summed E-state index contributed by atoms with van der Waals surface area (Å²) in [6, 6.07) is 1.59. The van der Waals surface area contributed by atoms with E-state index in [0.717, 1.165) is 9.13 Å². The van der Waals surface area contributed by atoms with E-state index in [2.05, 4.69) is 9.97 Å². The summed E-state index contributed by atoms with van der Waals surface area (Å²) in [7, 11) is 1.33. The SMILES string of the molecule is COC1[C@@H](O)[C@@H](CO)O[C@H]1n1cc(C=O)c(N)nc1=O.Cc1ccn([C@@H]2O[C@H](CO)[C@H](O)C2O)c(=O)n1. The minimum absolute atomic E-state index is 0.0185. The van der Waals surface area contributed by atoms with Crippen LogP contribution in [0.25, 0.3) is 0 Å². The molecule has 0 saturated carbocycles. The van der Waals surface area contributed by atoms with Gasteiger partial charge in [-0.25, -0.2) is 9.59 Å². The molecule has 0 spiro atoms. The second-order valence-corrected chi connectivity index (χ2v) is 8.32. The molecule has 204 valence electrons. The van der Waals surface area contributed by atoms with Gasteiger partial charge in [0, 0.05) is 25.2 Å². The lowest BCUT2D eigenvalue weighted by Gasteiger charge is -2.20. The largest absolute Gasteiger partial charge is 0.394 e. The van der Waals surface area contributed by atoms with Crippen molar-refractivity contribution in [3.8, 4) is 0 Å². The molecule has 4 heterocycles. The van der Waals surface area contributed by atoms with Gasteiger partial charge in [-0.3, -0.25) is 13.9 Å². The first kappa shape index (κ1) is 28.5. The average Bonchev–Trinajstić information content (AvgIpc) is 3.34. The first-order valence-electron chi connectivity index (χ1n) is 11.1. The van der Waals surface area contributed by atoms with Gasteiger partial charge in [0.15, 0.2) is 18.7 Å². The van der Waals surface area contributed by atoms with Gasteiger partial charge in [-0.15, -0.1) is 0 Å². The third-order valence-corrected chi connectivity index (χ3v) is 5.94. The molecule has 2 unspecified atom stereocenters. The van der Waals surface area contributed by atoms with E-state index in [-0.39, 0.29) is 11.4 Å². The van der Waals surface area contributed by atoms with Crippen LogP contribution in [0.3, 0.4) is 0 Å². The van der Waals surface area contributed by atoms with Crippen molar-refractivity contribution in [2.45, 2.75) is 56.0 Å². The number of aliphatic hydroxyl groups is 5. The normalized spacial score (nSPS) is 31.1. The predicted molar refractivity (Wildman–Crippen MR) is 122 cm³/mol. The lowest BCUT2D eigenvalue weighted by Crippen LogP contribution is -2.37. The van der Waals surface area contributed by atoms with Crippen molar-refractivity contribution in [1.29, 1.82) is 0 Å². The maximum absolute atomic E-state index is 11.8. The molecule has 7 N–H and O–H groups in total. The third kappa shape index (κ3) is 5.76. The molecule has 2 aromatic rings. The Bertz CT molecular complexity index is 1200.